The van der Waals surface area contributed by atoms with Crippen molar-refractivity contribution in [1.82, 2.24) is 4.90 Å². The molecule has 2 aliphatic heterocycles. The molecule has 9 heteroatoms. The van der Waals surface area contributed by atoms with Gasteiger partial charge in [0.2, 0.25) is 0 Å². The zero-order chi connectivity index (χ0) is 22.5. The summed E-state index contributed by atoms with van der Waals surface area (Å²) in [6.07, 6.45) is 0. The highest BCUT2D eigenvalue weighted by Gasteiger charge is 2.65. The molecule has 1 aromatic rings. The average molecular weight is 433 g/mol. The lowest BCUT2D eigenvalue weighted by molar-refractivity contribution is -0.171. The van der Waals surface area contributed by atoms with Crippen LogP contribution in [0.1, 0.15) is 32.4 Å². The zero-order valence-corrected chi connectivity index (χ0v) is 17.8. The first kappa shape index (κ1) is 22.7. The number of rotatable bonds is 7. The molecule has 31 heavy (non-hydrogen) atoms. The Bertz CT molecular complexity index is 826. The van der Waals surface area contributed by atoms with Crippen LogP contribution < -0.4 is 0 Å². The molecule has 0 aromatic heterocycles. The Morgan fingerprint density at radius 2 is 1.45 bits per heavy atom. The van der Waals surface area contributed by atoms with Crippen LogP contribution in [0.4, 0.5) is 0 Å². The van der Waals surface area contributed by atoms with Crippen molar-refractivity contribution in [3.05, 3.63) is 35.9 Å². The molecular formula is C22H27NO8. The highest BCUT2D eigenvalue weighted by molar-refractivity contribution is 5.96. The van der Waals surface area contributed by atoms with Crippen molar-refractivity contribution in [3.8, 4) is 0 Å². The molecular weight excluding hydrogens is 406 g/mol. The van der Waals surface area contributed by atoms with Gasteiger partial charge in [-0.05, 0) is 26.3 Å². The first-order valence-corrected chi connectivity index (χ1v) is 10.4. The van der Waals surface area contributed by atoms with Gasteiger partial charge in [0.05, 0.1) is 37.7 Å². The molecule has 0 amide bonds. The van der Waals surface area contributed by atoms with E-state index in [0.717, 1.165) is 5.56 Å². The number of ether oxygens (including phenoxy) is 4. The molecule has 0 saturated carbocycles. The smallest absolute Gasteiger partial charge is 0.324 e. The second-order valence-corrected chi connectivity index (χ2v) is 7.20. The predicted molar refractivity (Wildman–Crippen MR) is 106 cm³/mol. The topological polar surface area (TPSA) is 108 Å². The van der Waals surface area contributed by atoms with E-state index in [4.69, 9.17) is 18.9 Å². The summed E-state index contributed by atoms with van der Waals surface area (Å²) in [6.45, 7) is 5.05. The molecule has 5 atom stereocenters. The minimum atomic E-state index is -1.26. The fraction of sp³-hybridized carbons (Fsp3) is 0.545. The van der Waals surface area contributed by atoms with Crippen molar-refractivity contribution in [2.24, 2.45) is 11.8 Å². The van der Waals surface area contributed by atoms with Crippen molar-refractivity contribution in [3.63, 3.8) is 0 Å². The summed E-state index contributed by atoms with van der Waals surface area (Å²) in [7, 11) is 0. The molecule has 2 saturated heterocycles. The third-order valence-corrected chi connectivity index (χ3v) is 5.52. The van der Waals surface area contributed by atoms with Gasteiger partial charge in [0.25, 0.3) is 0 Å². The van der Waals surface area contributed by atoms with Gasteiger partial charge in [-0.3, -0.25) is 24.1 Å². The Balaban J connectivity index is 2.15. The lowest BCUT2D eigenvalue weighted by atomic mass is 9.86. The Hall–Kier alpha value is -2.94. The van der Waals surface area contributed by atoms with E-state index in [0.29, 0.717) is 0 Å². The van der Waals surface area contributed by atoms with E-state index in [-0.39, 0.29) is 26.4 Å². The maximum absolute atomic E-state index is 13.1. The fourth-order valence-corrected chi connectivity index (χ4v) is 4.39. The summed E-state index contributed by atoms with van der Waals surface area (Å²) < 4.78 is 21.0. The average Bonchev–Trinajstić information content (AvgIpc) is 3.12. The molecule has 0 bridgehead atoms. The van der Waals surface area contributed by atoms with Gasteiger partial charge in [0, 0.05) is 0 Å². The Kier molecular flexibility index (Phi) is 7.27. The maximum atomic E-state index is 13.1. The number of hydrogen-bond acceptors (Lipinski definition) is 9. The van der Waals surface area contributed by atoms with Gasteiger partial charge in [0.1, 0.15) is 18.7 Å². The molecule has 0 radical (unpaired) electrons. The first-order chi connectivity index (χ1) is 15.0. The second kappa shape index (κ2) is 9.91. The third-order valence-electron chi connectivity index (χ3n) is 5.52. The normalized spacial score (nSPS) is 27.7. The molecule has 0 N–H and O–H groups in total. The largest absolute Gasteiger partial charge is 0.466 e. The quantitative estimate of drug-likeness (QED) is 0.464. The van der Waals surface area contributed by atoms with E-state index >= 15 is 0 Å². The van der Waals surface area contributed by atoms with Crippen molar-refractivity contribution in [1.29, 1.82) is 0 Å². The monoisotopic (exact) mass is 433 g/mol. The standard InChI is InChI=1S/C22H27NO8/c1-4-28-19(24)15-16(20(25)29-5-2)18-22(27)31-12-14(13-10-8-7-9-11-13)23(18)17(15)21(26)30-6-3/h7-11,14-18H,4-6,12H2,1-3H3/t14-,15+,16+,17+,18+/m1/s1. The number of fused-ring (bicyclic) bond motifs is 1. The number of benzene rings is 1. The number of carbonyl (C=O) groups is 4. The molecule has 2 heterocycles. The van der Waals surface area contributed by atoms with Crippen LogP contribution in [0.2, 0.25) is 0 Å². The predicted octanol–water partition coefficient (Wildman–Crippen LogP) is 1.26. The van der Waals surface area contributed by atoms with Gasteiger partial charge in [-0.25, -0.2) is 0 Å². The van der Waals surface area contributed by atoms with Gasteiger partial charge in [0.15, 0.2) is 0 Å². The minimum absolute atomic E-state index is 0.0274. The van der Waals surface area contributed by atoms with Crippen LogP contribution >= 0.6 is 0 Å². The molecule has 3 rings (SSSR count). The van der Waals surface area contributed by atoms with Crippen molar-refractivity contribution < 1.29 is 38.1 Å². The molecule has 0 unspecified atom stereocenters. The van der Waals surface area contributed by atoms with E-state index in [2.05, 4.69) is 0 Å². The van der Waals surface area contributed by atoms with Gasteiger partial charge >= 0.3 is 23.9 Å². The van der Waals surface area contributed by atoms with Crippen LogP contribution in [0, 0.1) is 11.8 Å². The zero-order valence-electron chi connectivity index (χ0n) is 17.8. The Morgan fingerprint density at radius 3 is 2.03 bits per heavy atom. The van der Waals surface area contributed by atoms with Crippen LogP contribution in [0.25, 0.3) is 0 Å². The van der Waals surface area contributed by atoms with Crippen LogP contribution in [-0.2, 0) is 38.1 Å². The van der Waals surface area contributed by atoms with E-state index in [9.17, 15) is 19.2 Å². The van der Waals surface area contributed by atoms with Gasteiger partial charge < -0.3 is 18.9 Å². The number of carbonyl (C=O) groups excluding carboxylic acids is 4. The van der Waals surface area contributed by atoms with E-state index in [1.165, 1.54) is 0 Å². The van der Waals surface area contributed by atoms with E-state index in [1.54, 1.807) is 25.7 Å². The SMILES string of the molecule is CCOC(=O)[C@H]1[C@H](C(=O)OCC)[C@H]2C(=O)OC[C@H](c3ccccc3)N2[C@@H]1C(=O)OCC. The van der Waals surface area contributed by atoms with Crippen LogP contribution in [0.3, 0.4) is 0 Å². The number of cyclic esters (lactones) is 1. The van der Waals surface area contributed by atoms with E-state index < -0.39 is 53.8 Å². The second-order valence-electron chi connectivity index (χ2n) is 7.20. The minimum Gasteiger partial charge on any atom is -0.466 e. The summed E-state index contributed by atoms with van der Waals surface area (Å²) in [5, 5.41) is 0. The maximum Gasteiger partial charge on any atom is 0.324 e. The Labute approximate surface area is 180 Å². The molecule has 9 nitrogen and oxygen atoms in total. The highest BCUT2D eigenvalue weighted by atomic mass is 16.6. The highest BCUT2D eigenvalue weighted by Crippen LogP contribution is 2.45. The number of morpholine rings is 1. The van der Waals surface area contributed by atoms with Crippen LogP contribution in [-0.4, -0.2) is 67.3 Å². The summed E-state index contributed by atoms with van der Waals surface area (Å²) in [6, 6.07) is 6.23. The van der Waals surface area contributed by atoms with Crippen molar-refractivity contribution in [2.75, 3.05) is 26.4 Å². The number of hydrogen-bond donors (Lipinski definition) is 0. The van der Waals surface area contributed by atoms with Gasteiger partial charge in [-0.1, -0.05) is 30.3 Å². The molecule has 2 fully saturated rings. The summed E-state index contributed by atoms with van der Waals surface area (Å²) in [5.41, 5.74) is 0.779. The van der Waals surface area contributed by atoms with Crippen LogP contribution in [0.5, 0.6) is 0 Å². The summed E-state index contributed by atoms with van der Waals surface area (Å²) in [4.78, 5) is 53.4. The van der Waals surface area contributed by atoms with Gasteiger partial charge in [-0.2, -0.15) is 0 Å². The molecule has 2 aliphatic rings. The van der Waals surface area contributed by atoms with E-state index in [1.807, 2.05) is 30.3 Å². The lowest BCUT2D eigenvalue weighted by Gasteiger charge is -2.39. The number of esters is 4. The Morgan fingerprint density at radius 1 is 0.903 bits per heavy atom. The lowest BCUT2D eigenvalue weighted by Crippen LogP contribution is -2.54. The third kappa shape index (κ3) is 4.27. The summed E-state index contributed by atoms with van der Waals surface area (Å²) in [5.74, 6) is -5.42. The molecule has 168 valence electrons. The fourth-order valence-electron chi connectivity index (χ4n) is 4.39. The van der Waals surface area contributed by atoms with Crippen LogP contribution in [0.15, 0.2) is 30.3 Å². The van der Waals surface area contributed by atoms with Crippen molar-refractivity contribution in [2.45, 2.75) is 38.9 Å². The molecule has 1 aromatic carbocycles. The summed E-state index contributed by atoms with van der Waals surface area (Å²) >= 11 is 0. The molecule has 0 aliphatic carbocycles. The number of nitrogens with zero attached hydrogens (tertiary/aromatic N) is 1. The molecule has 0 spiro atoms. The first-order valence-electron chi connectivity index (χ1n) is 10.4. The van der Waals surface area contributed by atoms with Gasteiger partial charge in [-0.15, -0.1) is 0 Å². The van der Waals surface area contributed by atoms with Crippen molar-refractivity contribution >= 4 is 23.9 Å².